The van der Waals surface area contributed by atoms with Crippen LogP contribution in [-0.2, 0) is 11.3 Å². The Morgan fingerprint density at radius 3 is 2.35 bits per heavy atom. The molecule has 0 aliphatic carbocycles. The van der Waals surface area contributed by atoms with Crippen molar-refractivity contribution in [2.45, 2.75) is 20.4 Å². The fourth-order valence-electron chi connectivity index (χ4n) is 2.84. The van der Waals surface area contributed by atoms with Crippen LogP contribution < -0.4 is 10.2 Å². The zero-order valence-electron chi connectivity index (χ0n) is 15.5. The zero-order chi connectivity index (χ0) is 18.7. The first-order valence-corrected chi connectivity index (χ1v) is 9.32. The van der Waals surface area contributed by atoms with E-state index in [1.165, 1.54) is 22.9 Å². The number of rotatable bonds is 4. The third-order valence-corrected chi connectivity index (χ3v) is 4.99. The zero-order valence-corrected chi connectivity index (χ0v) is 16.4. The summed E-state index contributed by atoms with van der Waals surface area (Å²) >= 11 is 1.39. The standard InChI is InChI=1S/C21H23N3OS/c1-14-9-15(2)11-17(10-14)13-22-21-23-20(25)19(26-21)12-16-5-7-18(8-6-16)24(3)4/h5-12H,13H2,1-4H3,(H,22,23,25)/b19-12-. The minimum atomic E-state index is -0.0918. The second-order valence-corrected chi connectivity index (χ2v) is 7.70. The molecule has 0 atom stereocenters. The molecule has 0 radical (unpaired) electrons. The van der Waals surface area contributed by atoms with Gasteiger partial charge in [-0.2, -0.15) is 0 Å². The first kappa shape index (κ1) is 18.3. The van der Waals surface area contributed by atoms with E-state index in [9.17, 15) is 4.79 Å². The number of hydrogen-bond acceptors (Lipinski definition) is 4. The maximum atomic E-state index is 12.2. The number of anilines is 1. The summed E-state index contributed by atoms with van der Waals surface area (Å²) in [6, 6.07) is 14.5. The van der Waals surface area contributed by atoms with Gasteiger partial charge in [-0.1, -0.05) is 41.5 Å². The average Bonchev–Trinajstić information content (AvgIpc) is 2.92. The fraction of sp³-hybridized carbons (Fsp3) is 0.238. The third kappa shape index (κ3) is 4.55. The molecule has 134 valence electrons. The van der Waals surface area contributed by atoms with Crippen molar-refractivity contribution in [3.63, 3.8) is 0 Å². The molecule has 0 unspecified atom stereocenters. The molecule has 1 amide bonds. The number of nitrogens with one attached hydrogen (secondary N) is 1. The molecule has 2 aromatic rings. The number of benzene rings is 2. The highest BCUT2D eigenvalue weighted by molar-refractivity contribution is 8.18. The Bertz CT molecular complexity index is 862. The second kappa shape index (κ2) is 7.79. The molecule has 26 heavy (non-hydrogen) atoms. The molecule has 0 saturated carbocycles. The van der Waals surface area contributed by atoms with Gasteiger partial charge in [-0.05, 0) is 54.9 Å². The maximum absolute atomic E-state index is 12.2. The molecule has 1 fully saturated rings. The monoisotopic (exact) mass is 365 g/mol. The lowest BCUT2D eigenvalue weighted by molar-refractivity contribution is -0.115. The van der Waals surface area contributed by atoms with E-state index in [-0.39, 0.29) is 5.91 Å². The van der Waals surface area contributed by atoms with Gasteiger partial charge in [0.2, 0.25) is 0 Å². The summed E-state index contributed by atoms with van der Waals surface area (Å²) in [5.41, 5.74) is 5.74. The van der Waals surface area contributed by atoms with Crippen LogP contribution in [0.5, 0.6) is 0 Å². The molecule has 0 spiro atoms. The molecule has 0 aromatic heterocycles. The number of thioether (sulfide) groups is 1. The Balaban J connectivity index is 1.71. The van der Waals surface area contributed by atoms with Gasteiger partial charge in [-0.3, -0.25) is 9.79 Å². The van der Waals surface area contributed by atoms with Crippen LogP contribution in [0.15, 0.2) is 52.4 Å². The van der Waals surface area contributed by atoms with E-state index in [0.29, 0.717) is 16.6 Å². The molecule has 1 aliphatic heterocycles. The van der Waals surface area contributed by atoms with Crippen molar-refractivity contribution in [1.29, 1.82) is 0 Å². The van der Waals surface area contributed by atoms with Crippen molar-refractivity contribution in [2.75, 3.05) is 19.0 Å². The predicted octanol–water partition coefficient (Wildman–Crippen LogP) is 4.13. The van der Waals surface area contributed by atoms with Crippen LogP contribution in [0.3, 0.4) is 0 Å². The summed E-state index contributed by atoms with van der Waals surface area (Å²) in [5.74, 6) is -0.0918. The number of nitrogens with zero attached hydrogens (tertiary/aromatic N) is 2. The molecule has 0 bridgehead atoms. The number of hydrogen-bond donors (Lipinski definition) is 1. The fourth-order valence-corrected chi connectivity index (χ4v) is 3.66. The molecule has 4 nitrogen and oxygen atoms in total. The van der Waals surface area contributed by atoms with E-state index in [1.807, 2.05) is 49.3 Å². The van der Waals surface area contributed by atoms with Crippen LogP contribution in [-0.4, -0.2) is 25.2 Å². The highest BCUT2D eigenvalue weighted by Gasteiger charge is 2.23. The molecule has 1 aliphatic rings. The lowest BCUT2D eigenvalue weighted by Gasteiger charge is -2.11. The Labute approximate surface area is 159 Å². The number of aliphatic imine (C=N–C) groups is 1. The van der Waals surface area contributed by atoms with Gasteiger partial charge >= 0.3 is 0 Å². The summed E-state index contributed by atoms with van der Waals surface area (Å²) in [5, 5.41) is 3.51. The summed E-state index contributed by atoms with van der Waals surface area (Å²) in [6.07, 6.45) is 1.90. The minimum Gasteiger partial charge on any atom is -0.378 e. The van der Waals surface area contributed by atoms with E-state index in [2.05, 4.69) is 42.4 Å². The maximum Gasteiger partial charge on any atom is 0.264 e. The number of carbonyl (C=O) groups is 1. The number of amidine groups is 1. The van der Waals surface area contributed by atoms with Gasteiger partial charge in [0.15, 0.2) is 5.17 Å². The van der Waals surface area contributed by atoms with Crippen LogP contribution in [0, 0.1) is 13.8 Å². The van der Waals surface area contributed by atoms with Crippen LogP contribution >= 0.6 is 11.8 Å². The molecule has 1 saturated heterocycles. The van der Waals surface area contributed by atoms with E-state index < -0.39 is 0 Å². The molecule has 5 heteroatoms. The summed E-state index contributed by atoms with van der Waals surface area (Å²) in [7, 11) is 4.01. The Morgan fingerprint density at radius 1 is 1.08 bits per heavy atom. The van der Waals surface area contributed by atoms with E-state index in [1.54, 1.807) is 0 Å². The van der Waals surface area contributed by atoms with Crippen LogP contribution in [0.1, 0.15) is 22.3 Å². The normalized spacial score (nSPS) is 17.0. The van der Waals surface area contributed by atoms with Crippen molar-refractivity contribution in [3.05, 3.63) is 69.6 Å². The first-order chi connectivity index (χ1) is 12.4. The van der Waals surface area contributed by atoms with Crippen molar-refractivity contribution in [3.8, 4) is 0 Å². The SMILES string of the molecule is Cc1cc(C)cc(CN=C2NC(=O)/C(=C/c3ccc(N(C)C)cc3)S2)c1. The van der Waals surface area contributed by atoms with Crippen LogP contribution in [0.25, 0.3) is 6.08 Å². The Hall–Kier alpha value is -2.53. The Kier molecular flexibility index (Phi) is 5.47. The van der Waals surface area contributed by atoms with Gasteiger partial charge in [0.25, 0.3) is 5.91 Å². The van der Waals surface area contributed by atoms with Gasteiger partial charge in [0.1, 0.15) is 0 Å². The lowest BCUT2D eigenvalue weighted by atomic mass is 10.1. The highest BCUT2D eigenvalue weighted by atomic mass is 32.2. The molecule has 3 rings (SSSR count). The Morgan fingerprint density at radius 2 is 1.73 bits per heavy atom. The summed E-state index contributed by atoms with van der Waals surface area (Å²) in [6.45, 7) is 4.73. The number of amides is 1. The third-order valence-electron chi connectivity index (χ3n) is 4.04. The van der Waals surface area contributed by atoms with Crippen molar-refractivity contribution in [2.24, 2.45) is 4.99 Å². The number of aryl methyl sites for hydroxylation is 2. The number of carbonyl (C=O) groups excluding carboxylic acids is 1. The van der Waals surface area contributed by atoms with Gasteiger partial charge < -0.3 is 10.2 Å². The topological polar surface area (TPSA) is 44.7 Å². The van der Waals surface area contributed by atoms with Crippen LogP contribution in [0.4, 0.5) is 5.69 Å². The molecule has 1 N–H and O–H groups in total. The van der Waals surface area contributed by atoms with Crippen molar-refractivity contribution in [1.82, 2.24) is 5.32 Å². The van der Waals surface area contributed by atoms with E-state index in [0.717, 1.165) is 16.8 Å². The van der Waals surface area contributed by atoms with E-state index in [4.69, 9.17) is 0 Å². The van der Waals surface area contributed by atoms with Crippen LogP contribution in [0.2, 0.25) is 0 Å². The lowest BCUT2D eigenvalue weighted by Crippen LogP contribution is -2.19. The van der Waals surface area contributed by atoms with Gasteiger partial charge in [0.05, 0.1) is 11.4 Å². The summed E-state index contributed by atoms with van der Waals surface area (Å²) < 4.78 is 0. The average molecular weight is 366 g/mol. The molecular formula is C21H23N3OS. The molecular weight excluding hydrogens is 342 g/mol. The predicted molar refractivity (Wildman–Crippen MR) is 112 cm³/mol. The molecule has 2 aromatic carbocycles. The van der Waals surface area contributed by atoms with Gasteiger partial charge in [-0.15, -0.1) is 0 Å². The quantitative estimate of drug-likeness (QED) is 0.829. The van der Waals surface area contributed by atoms with Gasteiger partial charge in [0, 0.05) is 19.8 Å². The largest absolute Gasteiger partial charge is 0.378 e. The second-order valence-electron chi connectivity index (χ2n) is 6.67. The van der Waals surface area contributed by atoms with Crippen molar-refractivity contribution < 1.29 is 4.79 Å². The van der Waals surface area contributed by atoms with Crippen molar-refractivity contribution >= 4 is 34.6 Å². The van der Waals surface area contributed by atoms with E-state index >= 15 is 0 Å². The smallest absolute Gasteiger partial charge is 0.264 e. The van der Waals surface area contributed by atoms with Gasteiger partial charge in [-0.25, -0.2) is 0 Å². The highest BCUT2D eigenvalue weighted by Crippen LogP contribution is 2.27. The minimum absolute atomic E-state index is 0.0918. The molecule has 1 heterocycles. The first-order valence-electron chi connectivity index (χ1n) is 8.50. The summed E-state index contributed by atoms with van der Waals surface area (Å²) in [4.78, 5) is 19.5.